The summed E-state index contributed by atoms with van der Waals surface area (Å²) in [6, 6.07) is 1.76. The van der Waals surface area contributed by atoms with Crippen molar-refractivity contribution >= 4 is 17.7 Å². The smallest absolute Gasteiger partial charge is 0.241 e. The minimum atomic E-state index is 0.0958. The van der Waals surface area contributed by atoms with Crippen molar-refractivity contribution < 1.29 is 4.79 Å². The highest BCUT2D eigenvalue weighted by Crippen LogP contribution is 2.13. The molecule has 0 radical (unpaired) electrons. The minimum Gasteiger partial charge on any atom is -0.368 e. The van der Waals surface area contributed by atoms with Crippen LogP contribution in [0.25, 0.3) is 0 Å². The molecule has 1 fully saturated rings. The number of nitrogen functional groups attached to an aromatic ring is 1. The van der Waals surface area contributed by atoms with Crippen LogP contribution in [0.1, 0.15) is 0 Å². The third kappa shape index (κ3) is 1.98. The van der Waals surface area contributed by atoms with Gasteiger partial charge in [0.05, 0.1) is 6.54 Å². The number of piperazine rings is 1. The van der Waals surface area contributed by atoms with Gasteiger partial charge in [0.25, 0.3) is 0 Å². The second kappa shape index (κ2) is 3.72. The van der Waals surface area contributed by atoms with E-state index < -0.39 is 0 Å². The lowest BCUT2D eigenvalue weighted by Crippen LogP contribution is -2.48. The summed E-state index contributed by atoms with van der Waals surface area (Å²) in [5.74, 6) is 1.04. The topological polar surface area (TPSA) is 75.3 Å². The maximum atomic E-state index is 11.5. The molecule has 0 aliphatic carbocycles. The Morgan fingerprint density at radius 3 is 2.93 bits per heavy atom. The zero-order valence-corrected chi connectivity index (χ0v) is 8.55. The van der Waals surface area contributed by atoms with Gasteiger partial charge in [-0.25, -0.2) is 4.98 Å². The van der Waals surface area contributed by atoms with E-state index >= 15 is 0 Å². The molecule has 1 saturated heterocycles. The Balaban J connectivity index is 2.15. The molecule has 2 rings (SSSR count). The molecular formula is C9H13N5O. The molecule has 6 nitrogen and oxygen atoms in total. The molecule has 15 heavy (non-hydrogen) atoms. The number of hydrogen-bond donors (Lipinski definition) is 1. The maximum absolute atomic E-state index is 11.5. The number of rotatable bonds is 1. The van der Waals surface area contributed by atoms with Crippen LogP contribution in [0.5, 0.6) is 0 Å². The van der Waals surface area contributed by atoms with E-state index in [1.54, 1.807) is 24.2 Å². The molecule has 1 aliphatic heterocycles. The number of hydrogen-bond acceptors (Lipinski definition) is 5. The van der Waals surface area contributed by atoms with E-state index in [1.807, 2.05) is 4.90 Å². The highest BCUT2D eigenvalue weighted by Gasteiger charge is 2.21. The average molecular weight is 207 g/mol. The molecule has 80 valence electrons. The van der Waals surface area contributed by atoms with E-state index in [0.29, 0.717) is 18.9 Å². The third-order valence-electron chi connectivity index (χ3n) is 2.44. The number of aromatic nitrogens is 2. The van der Waals surface area contributed by atoms with E-state index in [4.69, 9.17) is 5.73 Å². The number of likely N-dealkylation sites (N-methyl/N-ethyl adjacent to an activating group) is 1. The highest BCUT2D eigenvalue weighted by atomic mass is 16.2. The fourth-order valence-electron chi connectivity index (χ4n) is 1.49. The predicted molar refractivity (Wildman–Crippen MR) is 56.3 cm³/mol. The summed E-state index contributed by atoms with van der Waals surface area (Å²) in [5.41, 5.74) is 5.48. The normalized spacial score (nSPS) is 17.0. The first-order valence-corrected chi connectivity index (χ1v) is 4.74. The van der Waals surface area contributed by atoms with Crippen molar-refractivity contribution in [2.24, 2.45) is 0 Å². The largest absolute Gasteiger partial charge is 0.368 e. The summed E-state index contributed by atoms with van der Waals surface area (Å²) in [6.45, 7) is 1.84. The van der Waals surface area contributed by atoms with Crippen LogP contribution in [-0.4, -0.2) is 47.5 Å². The van der Waals surface area contributed by atoms with E-state index in [2.05, 4.69) is 9.97 Å². The number of amides is 1. The van der Waals surface area contributed by atoms with Crippen LogP contribution >= 0.6 is 0 Å². The van der Waals surface area contributed by atoms with Crippen molar-refractivity contribution in [3.05, 3.63) is 12.3 Å². The lowest BCUT2D eigenvalue weighted by atomic mass is 10.3. The molecule has 1 aromatic rings. The molecule has 2 N–H and O–H groups in total. The summed E-state index contributed by atoms with van der Waals surface area (Å²) >= 11 is 0. The van der Waals surface area contributed by atoms with Gasteiger partial charge in [0, 0.05) is 26.3 Å². The van der Waals surface area contributed by atoms with Crippen LogP contribution < -0.4 is 10.6 Å². The summed E-state index contributed by atoms with van der Waals surface area (Å²) in [7, 11) is 1.80. The molecule has 0 bridgehead atoms. The summed E-state index contributed by atoms with van der Waals surface area (Å²) < 4.78 is 0. The molecule has 0 spiro atoms. The van der Waals surface area contributed by atoms with Crippen molar-refractivity contribution in [1.82, 2.24) is 14.9 Å². The van der Waals surface area contributed by atoms with Crippen LogP contribution in [0.4, 0.5) is 11.8 Å². The Morgan fingerprint density at radius 1 is 1.47 bits per heavy atom. The second-order valence-corrected chi connectivity index (χ2v) is 3.51. The van der Waals surface area contributed by atoms with Crippen LogP contribution in [-0.2, 0) is 4.79 Å². The first-order chi connectivity index (χ1) is 7.16. The number of anilines is 2. The maximum Gasteiger partial charge on any atom is 0.241 e. The summed E-state index contributed by atoms with van der Waals surface area (Å²) in [6.07, 6.45) is 1.60. The summed E-state index contributed by atoms with van der Waals surface area (Å²) in [4.78, 5) is 23.0. The van der Waals surface area contributed by atoms with Gasteiger partial charge in [0.15, 0.2) is 0 Å². The van der Waals surface area contributed by atoms with Gasteiger partial charge in [-0.05, 0) is 6.07 Å². The first kappa shape index (κ1) is 9.70. The number of nitrogens with zero attached hydrogens (tertiary/aromatic N) is 4. The minimum absolute atomic E-state index is 0.0958. The Bertz CT molecular complexity index is 381. The van der Waals surface area contributed by atoms with Gasteiger partial charge in [-0.1, -0.05) is 0 Å². The van der Waals surface area contributed by atoms with Crippen molar-refractivity contribution in [3.8, 4) is 0 Å². The Labute approximate surface area is 87.7 Å². The van der Waals surface area contributed by atoms with Gasteiger partial charge in [-0.15, -0.1) is 0 Å². The van der Waals surface area contributed by atoms with Gasteiger partial charge in [0.1, 0.15) is 5.82 Å². The molecule has 1 amide bonds. The van der Waals surface area contributed by atoms with Crippen molar-refractivity contribution in [2.75, 3.05) is 37.3 Å². The third-order valence-corrected chi connectivity index (χ3v) is 2.44. The molecule has 0 aromatic carbocycles. The standard InChI is InChI=1S/C9H13N5O/c1-13-4-5-14(6-8(13)15)7-2-3-11-9(10)12-7/h2-3H,4-6H2,1H3,(H2,10,11,12). The zero-order valence-electron chi connectivity index (χ0n) is 8.55. The molecule has 0 atom stereocenters. The van der Waals surface area contributed by atoms with Crippen LogP contribution in [0.2, 0.25) is 0 Å². The Kier molecular flexibility index (Phi) is 2.40. The van der Waals surface area contributed by atoms with E-state index in [1.165, 1.54) is 0 Å². The highest BCUT2D eigenvalue weighted by molar-refractivity contribution is 5.82. The van der Waals surface area contributed by atoms with Crippen LogP contribution in [0, 0.1) is 0 Å². The van der Waals surface area contributed by atoms with Gasteiger partial charge in [0.2, 0.25) is 11.9 Å². The number of nitrogens with two attached hydrogens (primary N) is 1. The zero-order chi connectivity index (χ0) is 10.8. The molecular weight excluding hydrogens is 194 g/mol. The van der Waals surface area contributed by atoms with Gasteiger partial charge in [-0.2, -0.15) is 4.98 Å². The fraction of sp³-hybridized carbons (Fsp3) is 0.444. The Hall–Kier alpha value is -1.85. The lowest BCUT2D eigenvalue weighted by Gasteiger charge is -2.32. The molecule has 1 aliphatic rings. The van der Waals surface area contributed by atoms with E-state index in [-0.39, 0.29) is 11.9 Å². The molecule has 0 saturated carbocycles. The van der Waals surface area contributed by atoms with Gasteiger partial charge in [-0.3, -0.25) is 4.79 Å². The van der Waals surface area contributed by atoms with E-state index in [0.717, 1.165) is 6.54 Å². The monoisotopic (exact) mass is 207 g/mol. The van der Waals surface area contributed by atoms with Crippen molar-refractivity contribution in [2.45, 2.75) is 0 Å². The molecule has 1 aromatic heterocycles. The summed E-state index contributed by atoms with van der Waals surface area (Å²) in [5, 5.41) is 0. The van der Waals surface area contributed by atoms with Crippen molar-refractivity contribution in [3.63, 3.8) is 0 Å². The quantitative estimate of drug-likeness (QED) is 0.661. The van der Waals surface area contributed by atoms with E-state index in [9.17, 15) is 4.79 Å². The number of carbonyl (C=O) groups is 1. The fourth-order valence-corrected chi connectivity index (χ4v) is 1.49. The lowest BCUT2D eigenvalue weighted by molar-refractivity contribution is -0.129. The Morgan fingerprint density at radius 2 is 2.27 bits per heavy atom. The van der Waals surface area contributed by atoms with Crippen LogP contribution in [0.15, 0.2) is 12.3 Å². The first-order valence-electron chi connectivity index (χ1n) is 4.74. The predicted octanol–water partition coefficient (Wildman–Crippen LogP) is -0.663. The van der Waals surface area contributed by atoms with Gasteiger partial charge < -0.3 is 15.5 Å². The number of carbonyl (C=O) groups excluding carboxylic acids is 1. The molecule has 6 heteroatoms. The van der Waals surface area contributed by atoms with Gasteiger partial charge >= 0.3 is 0 Å². The average Bonchev–Trinajstić information content (AvgIpc) is 2.22. The SMILES string of the molecule is CN1CCN(c2ccnc(N)n2)CC1=O. The van der Waals surface area contributed by atoms with Crippen LogP contribution in [0.3, 0.4) is 0 Å². The molecule has 0 unspecified atom stereocenters. The molecule has 2 heterocycles. The second-order valence-electron chi connectivity index (χ2n) is 3.51. The van der Waals surface area contributed by atoms with Crippen molar-refractivity contribution in [1.29, 1.82) is 0 Å².